The second-order valence-electron chi connectivity index (χ2n) is 11.0. The average Bonchev–Trinajstić information content (AvgIpc) is 2.84. The summed E-state index contributed by atoms with van der Waals surface area (Å²) in [7, 11) is 3.29. The molecule has 1 aromatic rings. The number of methoxy groups -OCH3 is 2. The van der Waals surface area contributed by atoms with E-state index < -0.39 is 0 Å². The van der Waals surface area contributed by atoms with E-state index in [0.29, 0.717) is 16.9 Å². The Balaban J connectivity index is 1.34. The minimum absolute atomic E-state index is 0.0115. The maximum absolute atomic E-state index is 9.99. The first kappa shape index (κ1) is 24.8. The molecule has 3 unspecified atom stereocenters. The molecule has 0 aromatic heterocycles. The summed E-state index contributed by atoms with van der Waals surface area (Å²) in [5.41, 5.74) is 2.56. The summed E-state index contributed by atoms with van der Waals surface area (Å²) >= 11 is 0. The number of nitrogens with zero attached hydrogens (tertiary/aromatic N) is 1. The zero-order valence-electron chi connectivity index (χ0n) is 21.1. The summed E-state index contributed by atoms with van der Waals surface area (Å²) in [6.07, 6.45) is 5.44. The molecule has 1 heterocycles. The molecule has 33 heavy (non-hydrogen) atoms. The third kappa shape index (κ3) is 5.19. The zero-order chi connectivity index (χ0) is 23.5. The number of quaternary nitrogens is 1. The average molecular weight is 463 g/mol. The number of benzene rings is 1. The molecule has 3 atom stereocenters. The van der Waals surface area contributed by atoms with E-state index in [4.69, 9.17) is 18.9 Å². The fourth-order valence-corrected chi connectivity index (χ4v) is 6.71. The van der Waals surface area contributed by atoms with E-state index in [9.17, 15) is 5.11 Å². The van der Waals surface area contributed by atoms with Crippen molar-refractivity contribution in [2.45, 2.75) is 52.7 Å². The highest BCUT2D eigenvalue weighted by molar-refractivity contribution is 5.47. The number of rotatable bonds is 11. The normalized spacial score (nSPS) is 27.6. The second kappa shape index (κ2) is 10.5. The van der Waals surface area contributed by atoms with E-state index >= 15 is 0 Å². The van der Waals surface area contributed by atoms with Crippen LogP contribution in [-0.2, 0) is 22.6 Å². The van der Waals surface area contributed by atoms with Crippen molar-refractivity contribution in [2.24, 2.45) is 23.2 Å². The van der Waals surface area contributed by atoms with Gasteiger partial charge in [-0.25, -0.2) is 0 Å². The van der Waals surface area contributed by atoms with Crippen LogP contribution in [0.15, 0.2) is 12.1 Å². The van der Waals surface area contributed by atoms with Crippen LogP contribution in [0, 0.1) is 23.2 Å². The molecule has 186 valence electrons. The van der Waals surface area contributed by atoms with Crippen molar-refractivity contribution < 1.29 is 28.5 Å². The van der Waals surface area contributed by atoms with Gasteiger partial charge in [0.15, 0.2) is 11.5 Å². The van der Waals surface area contributed by atoms with E-state index in [0.717, 1.165) is 86.0 Å². The van der Waals surface area contributed by atoms with Crippen molar-refractivity contribution >= 4 is 0 Å². The van der Waals surface area contributed by atoms with Crippen molar-refractivity contribution in [3.63, 3.8) is 0 Å². The van der Waals surface area contributed by atoms with Crippen LogP contribution in [0.4, 0.5) is 0 Å². The largest absolute Gasteiger partial charge is 0.493 e. The molecule has 0 amide bonds. The topological polar surface area (TPSA) is 57.2 Å². The molecule has 1 saturated heterocycles. The Labute approximate surface area is 199 Å². The van der Waals surface area contributed by atoms with Gasteiger partial charge in [0.1, 0.15) is 26.2 Å². The first-order valence-corrected chi connectivity index (χ1v) is 12.8. The summed E-state index contributed by atoms with van der Waals surface area (Å²) in [5.74, 6) is 4.08. The van der Waals surface area contributed by atoms with Gasteiger partial charge >= 0.3 is 0 Å². The van der Waals surface area contributed by atoms with Crippen molar-refractivity contribution in [1.82, 2.24) is 0 Å². The first-order valence-electron chi connectivity index (χ1n) is 12.8. The van der Waals surface area contributed by atoms with Gasteiger partial charge < -0.3 is 28.5 Å². The van der Waals surface area contributed by atoms with Gasteiger partial charge in [0.25, 0.3) is 0 Å². The van der Waals surface area contributed by atoms with Gasteiger partial charge in [-0.3, -0.25) is 0 Å². The second-order valence-corrected chi connectivity index (χ2v) is 11.0. The smallest absolute Gasteiger partial charge is 0.161 e. The molecule has 2 bridgehead atoms. The molecule has 0 spiro atoms. The van der Waals surface area contributed by atoms with Crippen molar-refractivity contribution in [3.8, 4) is 11.5 Å². The molecule has 0 radical (unpaired) electrons. The molecule has 4 fully saturated rings. The van der Waals surface area contributed by atoms with E-state index in [1.807, 2.05) is 12.1 Å². The maximum atomic E-state index is 9.99. The van der Waals surface area contributed by atoms with Gasteiger partial charge in [-0.15, -0.1) is 0 Å². The van der Waals surface area contributed by atoms with Crippen LogP contribution in [0.2, 0.25) is 0 Å². The lowest BCUT2D eigenvalue weighted by Crippen LogP contribution is -2.56. The summed E-state index contributed by atoms with van der Waals surface area (Å²) in [5, 5.41) is 9.99. The van der Waals surface area contributed by atoms with Crippen molar-refractivity contribution in [3.05, 3.63) is 23.3 Å². The number of aliphatic hydroxyl groups excluding tert-OH is 1. The number of fused-ring (bicyclic) bond motifs is 2. The molecule has 5 rings (SSSR count). The molecular weight excluding hydrogens is 418 g/mol. The van der Waals surface area contributed by atoms with Crippen LogP contribution in [-0.4, -0.2) is 69.9 Å². The molecular formula is C27H44NO5+. The third-order valence-electron chi connectivity index (χ3n) is 9.15. The summed E-state index contributed by atoms with van der Waals surface area (Å²) in [6, 6.07) is 3.93. The number of hydrogen-bond acceptors (Lipinski definition) is 5. The zero-order valence-corrected chi connectivity index (χ0v) is 21.1. The molecule has 6 heteroatoms. The predicted molar refractivity (Wildman–Crippen MR) is 128 cm³/mol. The highest BCUT2D eigenvalue weighted by Gasteiger charge is 2.53. The van der Waals surface area contributed by atoms with Crippen LogP contribution in [0.25, 0.3) is 0 Å². The number of morpholine rings is 1. The lowest BCUT2D eigenvalue weighted by Gasteiger charge is -2.60. The van der Waals surface area contributed by atoms with Crippen LogP contribution in [0.1, 0.15) is 50.7 Å². The van der Waals surface area contributed by atoms with Gasteiger partial charge in [-0.05, 0) is 66.5 Å². The summed E-state index contributed by atoms with van der Waals surface area (Å²) in [4.78, 5) is 0. The third-order valence-corrected chi connectivity index (χ3v) is 9.15. The Bertz CT molecular complexity index is 787. The lowest BCUT2D eigenvalue weighted by molar-refractivity contribution is -0.947. The van der Waals surface area contributed by atoms with Gasteiger partial charge in [0.05, 0.1) is 40.6 Å². The summed E-state index contributed by atoms with van der Waals surface area (Å²) in [6.45, 7) is 11.8. The summed E-state index contributed by atoms with van der Waals surface area (Å²) < 4.78 is 23.8. The minimum atomic E-state index is -0.0115. The molecule has 3 saturated carbocycles. The standard InChI is InChI=1S/C27H44NO5/c1-27(2)23-6-5-20(24(27)17-23)7-11-32-12-8-28(9-13-33-14-10-28)18-21-15-25(30-3)26(31-4)16-22(21)19-29/h15-16,20,23-24,29H,5-14,17-19H2,1-4H3/q+1. The van der Waals surface area contributed by atoms with Gasteiger partial charge in [-0.1, -0.05) is 13.8 Å². The number of aliphatic hydroxyl groups is 1. The predicted octanol–water partition coefficient (Wildman–Crippen LogP) is 4.02. The van der Waals surface area contributed by atoms with Gasteiger partial charge in [0.2, 0.25) is 0 Å². The first-order chi connectivity index (χ1) is 15.9. The van der Waals surface area contributed by atoms with Crippen LogP contribution < -0.4 is 9.47 Å². The molecule has 4 aliphatic rings. The molecule has 3 aliphatic carbocycles. The van der Waals surface area contributed by atoms with E-state index in [2.05, 4.69) is 13.8 Å². The van der Waals surface area contributed by atoms with Gasteiger partial charge in [-0.2, -0.15) is 0 Å². The monoisotopic (exact) mass is 462 g/mol. The van der Waals surface area contributed by atoms with Crippen LogP contribution in [0.5, 0.6) is 11.5 Å². The lowest BCUT2D eigenvalue weighted by atomic mass is 9.45. The Morgan fingerprint density at radius 1 is 1.03 bits per heavy atom. The van der Waals surface area contributed by atoms with E-state index in [1.54, 1.807) is 14.2 Å². The Morgan fingerprint density at radius 2 is 1.73 bits per heavy atom. The van der Waals surface area contributed by atoms with Gasteiger partial charge in [0, 0.05) is 12.2 Å². The quantitative estimate of drug-likeness (QED) is 0.398. The Hall–Kier alpha value is -1.34. The molecule has 6 nitrogen and oxygen atoms in total. The maximum Gasteiger partial charge on any atom is 0.161 e. The fraction of sp³-hybridized carbons (Fsp3) is 0.778. The van der Waals surface area contributed by atoms with E-state index in [-0.39, 0.29) is 6.61 Å². The highest BCUT2D eigenvalue weighted by Crippen LogP contribution is 2.61. The van der Waals surface area contributed by atoms with Crippen LogP contribution >= 0.6 is 0 Å². The molecule has 1 N–H and O–H groups in total. The van der Waals surface area contributed by atoms with E-state index in [1.165, 1.54) is 25.7 Å². The van der Waals surface area contributed by atoms with Crippen molar-refractivity contribution in [1.29, 1.82) is 0 Å². The number of hydrogen-bond donors (Lipinski definition) is 1. The fourth-order valence-electron chi connectivity index (χ4n) is 6.71. The Kier molecular flexibility index (Phi) is 7.89. The van der Waals surface area contributed by atoms with Crippen molar-refractivity contribution in [2.75, 3.05) is 60.3 Å². The van der Waals surface area contributed by atoms with Crippen LogP contribution in [0.3, 0.4) is 0 Å². The Morgan fingerprint density at radius 3 is 2.33 bits per heavy atom. The highest BCUT2D eigenvalue weighted by atomic mass is 16.5. The molecule has 1 aliphatic heterocycles. The molecule has 1 aromatic carbocycles. The SMILES string of the molecule is COc1cc(CO)c(C[N+]2(CCOCCC3CCC4CC3C4(C)C)CCOCC2)cc1OC. The number of ether oxygens (including phenoxy) is 4. The minimum Gasteiger partial charge on any atom is -0.493 e.